The lowest BCUT2D eigenvalue weighted by Crippen LogP contribution is -2.46. The highest BCUT2D eigenvalue weighted by atomic mass is 31.2. The van der Waals surface area contributed by atoms with Crippen LogP contribution in [0.2, 0.25) is 0 Å². The molecule has 12 atom stereocenters. The van der Waals surface area contributed by atoms with Crippen molar-refractivity contribution in [2.24, 2.45) is 14.1 Å². The normalized spacial score (nSPS) is 26.4. The van der Waals surface area contributed by atoms with Gasteiger partial charge in [0, 0.05) is 20.6 Å². The van der Waals surface area contributed by atoms with Crippen molar-refractivity contribution in [3.05, 3.63) is 33.4 Å². The fourth-order valence-electron chi connectivity index (χ4n) is 6.64. The van der Waals surface area contributed by atoms with Gasteiger partial charge in [0.25, 0.3) is 23.0 Å². The number of nitrogen functional groups attached to an aromatic ring is 2. The Kier molecular flexibility index (Phi) is 15.2. The first kappa shape index (κ1) is 50.0. The summed E-state index contributed by atoms with van der Waals surface area (Å²) in [6.45, 7) is -4.18. The average Bonchev–Trinajstić information content (AvgIpc) is 3.97. The molecule has 0 aliphatic carbocycles. The molecule has 2 aliphatic rings. The molecular weight excluding hydrogens is 952 g/mol. The first-order valence-corrected chi connectivity index (χ1v) is 24.4. The standard InChI is InChI=1S/C28H44N10O22P4/c1-35-11-37(22-18(35)24(41)33-27(29)31-22)17-6-5-13(57-17)7-53-63(47,48)54-8-14(59-61(43,44)51-3)15(60-62(45,46)52-4)9-55-64(49,50)56-10-16-20(39)21(40)26(58-16)38-12-36(2)19-23(38)32-28(30)34-25(19)42/h11-17,20-21,26,39-40H,5-10H2,1-4H3,(H8-2,29,30,31,32,33,34,41,42,43,44,45,46,47,48,49,50)/p+2/t13-,14?,15+,16+,17+,20+,21+,26+/m0/s1. The summed E-state index contributed by atoms with van der Waals surface area (Å²) in [6.07, 6.45) is -9.08. The van der Waals surface area contributed by atoms with Gasteiger partial charge in [-0.1, -0.05) is 9.97 Å². The summed E-state index contributed by atoms with van der Waals surface area (Å²) in [5, 5.41) is 21.5. The number of fused-ring (bicyclic) bond motifs is 2. The molecule has 2 aliphatic heterocycles. The second kappa shape index (κ2) is 19.4. The molecule has 0 bridgehead atoms. The molecule has 4 aromatic heterocycles. The maximum Gasteiger partial charge on any atom is 0.472 e. The summed E-state index contributed by atoms with van der Waals surface area (Å²) in [5.41, 5.74) is 10.6. The monoisotopic (exact) mass is 998 g/mol. The Morgan fingerprint density at radius 2 is 1.20 bits per heavy atom. The molecule has 4 aromatic rings. The molecule has 5 unspecified atom stereocenters. The Morgan fingerprint density at radius 3 is 1.70 bits per heavy atom. The van der Waals surface area contributed by atoms with Crippen molar-refractivity contribution in [3.8, 4) is 0 Å². The summed E-state index contributed by atoms with van der Waals surface area (Å²) in [6, 6.07) is 0. The van der Waals surface area contributed by atoms with E-state index in [2.05, 4.69) is 29.0 Å². The molecule has 32 nitrogen and oxygen atoms in total. The predicted molar refractivity (Wildman–Crippen MR) is 208 cm³/mol. The van der Waals surface area contributed by atoms with E-state index in [1.807, 2.05) is 0 Å². The van der Waals surface area contributed by atoms with Gasteiger partial charge in [-0.25, -0.2) is 27.4 Å². The zero-order valence-corrected chi connectivity index (χ0v) is 37.4. The van der Waals surface area contributed by atoms with Gasteiger partial charge in [-0.2, -0.15) is 0 Å². The maximum atomic E-state index is 13.1. The number of aryl methyl sites for hydroxylation is 2. The first-order valence-electron chi connectivity index (χ1n) is 18.4. The van der Waals surface area contributed by atoms with Crippen molar-refractivity contribution in [1.29, 1.82) is 0 Å². The summed E-state index contributed by atoms with van der Waals surface area (Å²) in [5.74, 6) is -0.417. The van der Waals surface area contributed by atoms with Gasteiger partial charge in [-0.05, 0) is 6.42 Å². The number of ether oxygens (including phenoxy) is 2. The van der Waals surface area contributed by atoms with Crippen LogP contribution in [0.3, 0.4) is 0 Å². The van der Waals surface area contributed by atoms with Crippen LogP contribution in [0, 0.1) is 0 Å². The third-order valence-electron chi connectivity index (χ3n) is 9.63. The largest absolute Gasteiger partial charge is 0.472 e. The molecule has 6 heterocycles. The van der Waals surface area contributed by atoms with Crippen molar-refractivity contribution < 1.29 is 103 Å². The minimum Gasteiger partial charge on any atom is -0.387 e. The maximum absolute atomic E-state index is 13.1. The Labute approximate surface area is 358 Å². The molecule has 0 saturated carbocycles. The van der Waals surface area contributed by atoms with Gasteiger partial charge in [0.1, 0.15) is 30.5 Å². The fraction of sp³-hybridized carbons (Fsp3) is 0.643. The van der Waals surface area contributed by atoms with Gasteiger partial charge in [0.15, 0.2) is 18.9 Å². The van der Waals surface area contributed by atoms with Crippen LogP contribution in [0.1, 0.15) is 25.3 Å². The number of hydrogen-bond acceptors (Lipinski definition) is 22. The summed E-state index contributed by atoms with van der Waals surface area (Å²) >= 11 is 0. The number of aliphatic hydroxyl groups excluding tert-OH is 2. The molecule has 2 fully saturated rings. The number of nitrogens with zero attached hydrogens (tertiary/aromatic N) is 6. The number of aromatic nitrogens is 8. The van der Waals surface area contributed by atoms with E-state index in [1.165, 1.54) is 31.6 Å². The second-order valence-corrected chi connectivity index (χ2v) is 20.0. The fourth-order valence-corrected chi connectivity index (χ4v) is 9.40. The molecule has 0 radical (unpaired) electrons. The average molecular weight is 999 g/mol. The lowest BCUT2D eigenvalue weighted by molar-refractivity contribution is -0.745. The number of nitrogens with two attached hydrogens (primary N) is 2. The van der Waals surface area contributed by atoms with Crippen LogP contribution in [0.5, 0.6) is 0 Å². The van der Waals surface area contributed by atoms with Crippen molar-refractivity contribution in [3.63, 3.8) is 0 Å². The number of H-pyrrole nitrogens is 2. The number of phosphoric acid groups is 4. The number of rotatable bonds is 21. The quantitative estimate of drug-likeness (QED) is 0.0296. The van der Waals surface area contributed by atoms with E-state index in [0.717, 1.165) is 0 Å². The number of aliphatic hydroxyl groups is 2. The molecule has 2 saturated heterocycles. The Balaban J connectivity index is 1.10. The molecule has 0 aromatic carbocycles. The van der Waals surface area contributed by atoms with Gasteiger partial charge in [0.2, 0.25) is 17.3 Å². The van der Waals surface area contributed by atoms with Crippen LogP contribution in [0.25, 0.3) is 22.3 Å². The van der Waals surface area contributed by atoms with E-state index in [4.69, 9.17) is 48.1 Å². The van der Waals surface area contributed by atoms with Crippen LogP contribution < -0.4 is 31.7 Å². The number of hydrogen-bond donors (Lipinski definition) is 10. The molecular formula is C28H46N10O22P4+2. The zero-order valence-electron chi connectivity index (χ0n) is 33.9. The number of imidazole rings is 2. The number of nitrogens with one attached hydrogen (secondary N) is 2. The third kappa shape index (κ3) is 11.6. The molecule has 0 amide bonds. The van der Waals surface area contributed by atoms with Crippen molar-refractivity contribution >= 4 is 65.5 Å². The van der Waals surface area contributed by atoms with Crippen LogP contribution >= 0.6 is 31.3 Å². The molecule has 36 heteroatoms. The summed E-state index contributed by atoms with van der Waals surface area (Å²) in [4.78, 5) is 79.2. The van der Waals surface area contributed by atoms with Gasteiger partial charge in [-0.15, -0.1) is 0 Å². The highest BCUT2D eigenvalue weighted by molar-refractivity contribution is 7.48. The van der Waals surface area contributed by atoms with Gasteiger partial charge in [-0.3, -0.25) is 64.9 Å². The lowest BCUT2D eigenvalue weighted by Gasteiger charge is -2.29. The minimum absolute atomic E-state index is 0.0190. The second-order valence-electron chi connectivity index (χ2n) is 14.1. The predicted octanol–water partition coefficient (Wildman–Crippen LogP) is -2.90. The number of anilines is 2. The van der Waals surface area contributed by atoms with E-state index in [1.54, 1.807) is 13.4 Å². The van der Waals surface area contributed by atoms with Crippen LogP contribution in [-0.4, -0.2) is 136 Å². The van der Waals surface area contributed by atoms with Crippen molar-refractivity contribution in [1.82, 2.24) is 29.1 Å². The lowest BCUT2D eigenvalue weighted by atomic mass is 10.1. The number of aromatic amines is 2. The molecule has 0 spiro atoms. The van der Waals surface area contributed by atoms with Gasteiger partial charge in [0.05, 0.1) is 46.6 Å². The SMILES string of the molecule is COP(=O)(O)OC(COP(=O)(O)OC[C@@H]1CC[C@H]([n+]2cn(C)c3c(=O)[nH]c(N)nc32)O1)[C@@H](COP(=O)(O)OC[C@H]1O[C@@H]([n+]2cn(C)c3c(=O)[nH]c(N)nc32)[C@H](O)[C@@H]1O)OP(=O)(O)OC. The summed E-state index contributed by atoms with van der Waals surface area (Å²) in [7, 11) is -16.3. The van der Waals surface area contributed by atoms with E-state index in [9.17, 15) is 57.6 Å². The van der Waals surface area contributed by atoms with Crippen LogP contribution in [0.15, 0.2) is 22.2 Å². The van der Waals surface area contributed by atoms with E-state index >= 15 is 0 Å². The van der Waals surface area contributed by atoms with E-state index in [0.29, 0.717) is 20.6 Å². The van der Waals surface area contributed by atoms with Crippen molar-refractivity contribution in [2.45, 2.75) is 61.9 Å². The molecule has 6 rings (SSSR count). The van der Waals surface area contributed by atoms with E-state index < -0.39 is 118 Å². The number of phosphoric ester groups is 4. The zero-order chi connectivity index (χ0) is 47.1. The topological polar surface area (TPSA) is 443 Å². The van der Waals surface area contributed by atoms with Crippen molar-refractivity contribution in [2.75, 3.05) is 52.1 Å². The van der Waals surface area contributed by atoms with E-state index in [-0.39, 0.29) is 40.6 Å². The molecule has 64 heavy (non-hydrogen) atoms. The molecule has 12 N–H and O–H groups in total. The molecule has 358 valence electrons. The minimum atomic E-state index is -5.36. The van der Waals surface area contributed by atoms with Crippen LogP contribution in [-0.2, 0) is 78.0 Å². The van der Waals surface area contributed by atoms with Gasteiger partial charge >= 0.3 is 42.6 Å². The first-order chi connectivity index (χ1) is 29.8. The highest BCUT2D eigenvalue weighted by Gasteiger charge is 2.48. The van der Waals surface area contributed by atoms with Gasteiger partial charge < -0.3 is 50.7 Å². The smallest absolute Gasteiger partial charge is 0.387 e. The summed E-state index contributed by atoms with van der Waals surface area (Å²) < 4.78 is 107. The Hall–Kier alpha value is -3.42. The Morgan fingerprint density at radius 1 is 0.734 bits per heavy atom. The van der Waals surface area contributed by atoms with Crippen LogP contribution in [0.4, 0.5) is 11.9 Å². The Bertz CT molecular complexity index is 2660. The highest BCUT2D eigenvalue weighted by Crippen LogP contribution is 2.52. The third-order valence-corrected chi connectivity index (χ3v) is 13.5.